The molecule has 4 fully saturated rings. The van der Waals surface area contributed by atoms with Gasteiger partial charge in [0.2, 0.25) is 0 Å². The highest BCUT2D eigenvalue weighted by atomic mass is 79.9. The molecule has 2 aliphatic carbocycles. The molecule has 14 nitrogen and oxygen atoms in total. The van der Waals surface area contributed by atoms with E-state index in [0.717, 1.165) is 132 Å². The van der Waals surface area contributed by atoms with Gasteiger partial charge >= 0.3 is 12.4 Å². The van der Waals surface area contributed by atoms with Crippen molar-refractivity contribution < 1.29 is 45.7 Å². The van der Waals surface area contributed by atoms with Gasteiger partial charge in [-0.15, -0.1) is 0 Å². The van der Waals surface area contributed by atoms with E-state index in [1.54, 1.807) is 24.5 Å². The highest BCUT2D eigenvalue weighted by Crippen LogP contribution is 2.40. The van der Waals surface area contributed by atoms with E-state index in [4.69, 9.17) is 9.47 Å². The molecular weight excluding hydrogens is 978 g/mol. The van der Waals surface area contributed by atoms with Gasteiger partial charge in [0, 0.05) is 89.0 Å². The van der Waals surface area contributed by atoms with Crippen molar-refractivity contribution in [1.82, 2.24) is 25.1 Å². The van der Waals surface area contributed by atoms with Gasteiger partial charge in [0.05, 0.1) is 22.1 Å². The number of aromatic nitrogens is 2. The molecule has 21 heteroatoms. The average molecular weight is 1040 g/mol. The molecule has 0 radical (unpaired) electrons. The molecule has 0 unspecified atom stereocenters. The molecule has 376 valence electrons. The molecule has 2 saturated carbocycles. The summed E-state index contributed by atoms with van der Waals surface area (Å²) in [6, 6.07) is 14.0. The summed E-state index contributed by atoms with van der Waals surface area (Å²) in [6.45, 7) is 8.59. The predicted octanol–water partition coefficient (Wildman–Crippen LogP) is 10.4. The summed E-state index contributed by atoms with van der Waals surface area (Å²) in [5.74, 6) is 2.89. The van der Waals surface area contributed by atoms with Crippen LogP contribution < -0.4 is 19.7 Å². The third kappa shape index (κ3) is 16.5. The van der Waals surface area contributed by atoms with E-state index in [0.29, 0.717) is 28.6 Å². The molecule has 2 saturated heterocycles. The molecule has 0 amide bonds. The molecule has 0 spiro atoms. The number of nitro benzene ring substituents is 2. The monoisotopic (exact) mass is 1040 g/mol. The third-order valence-electron chi connectivity index (χ3n) is 13.0. The zero-order valence-corrected chi connectivity index (χ0v) is 40.3. The van der Waals surface area contributed by atoms with Gasteiger partial charge in [0.25, 0.3) is 11.4 Å². The number of rotatable bonds is 11. The van der Waals surface area contributed by atoms with Crippen LogP contribution in [0.3, 0.4) is 0 Å². The molecule has 0 bridgehead atoms. The zero-order chi connectivity index (χ0) is 49.7. The Morgan fingerprint density at radius 2 is 1.06 bits per heavy atom. The molecule has 69 heavy (non-hydrogen) atoms. The summed E-state index contributed by atoms with van der Waals surface area (Å²) in [4.78, 5) is 35.3. The number of nitro groups is 2. The molecule has 0 atom stereocenters. The van der Waals surface area contributed by atoms with Gasteiger partial charge in [-0.05, 0) is 141 Å². The van der Waals surface area contributed by atoms with Crippen LogP contribution >= 0.6 is 15.9 Å². The van der Waals surface area contributed by atoms with Crippen molar-refractivity contribution in [1.29, 1.82) is 0 Å². The minimum absolute atomic E-state index is 0.0570. The zero-order valence-electron chi connectivity index (χ0n) is 38.7. The maximum absolute atomic E-state index is 13.3. The van der Waals surface area contributed by atoms with Crippen molar-refractivity contribution in [3.05, 3.63) is 120 Å². The van der Waals surface area contributed by atoms with Crippen molar-refractivity contribution in [2.24, 2.45) is 11.8 Å². The number of pyridine rings is 2. The summed E-state index contributed by atoms with van der Waals surface area (Å²) >= 11 is 3.29. The van der Waals surface area contributed by atoms with E-state index in [1.165, 1.54) is 25.2 Å². The minimum atomic E-state index is -4.75. The van der Waals surface area contributed by atoms with Crippen molar-refractivity contribution in [2.75, 3.05) is 71.4 Å². The number of hydrogen-bond acceptors (Lipinski definition) is 12. The second kappa shape index (κ2) is 24.6. The van der Waals surface area contributed by atoms with Gasteiger partial charge in [0.15, 0.2) is 0 Å². The fraction of sp³-hybridized carbons (Fsp3) is 0.542. The van der Waals surface area contributed by atoms with Gasteiger partial charge < -0.3 is 29.5 Å². The fourth-order valence-corrected chi connectivity index (χ4v) is 9.41. The molecule has 4 aromatic rings. The number of nitrogens with zero attached hydrogens (tertiary/aromatic N) is 7. The summed E-state index contributed by atoms with van der Waals surface area (Å²) in [5, 5.41) is 25.1. The summed E-state index contributed by atoms with van der Waals surface area (Å²) in [5.41, 5.74) is -3.22. The van der Waals surface area contributed by atoms with Gasteiger partial charge in [-0.1, -0.05) is 12.1 Å². The van der Waals surface area contributed by atoms with Crippen molar-refractivity contribution in [3.8, 4) is 11.5 Å². The maximum Gasteiger partial charge on any atom is 0.423 e. The first-order valence-corrected chi connectivity index (χ1v) is 24.0. The standard InChI is InChI=1S/C24H29F3N4O3.C19H18BrF3N2O3.C5H12N2/c1-29-10-12-30(13-11-29)23-16-20(8-9-28-23)34-19-5-2-17(3-6-19)14-18-4-7-22(31(32)33)21(15-18)24(25,26)27;20-18-11-15(7-8-24-18)28-14-4-1-12(2-5-14)9-13-3-6-17(25(26)27)16(10-13)19(21,22)23;1-7-4-2-6-3-5-7/h4,7-9,15-17,19H,2-3,5-6,10-14H2,1H3;3,6-8,10-12,14H,1-2,4-5,9H2;6H,2-5H2,1H3. The van der Waals surface area contributed by atoms with Crippen molar-refractivity contribution in [3.63, 3.8) is 0 Å². The number of piperazine rings is 2. The lowest BCUT2D eigenvalue weighted by Crippen LogP contribution is -2.44. The van der Waals surface area contributed by atoms with Crippen LogP contribution in [-0.4, -0.2) is 108 Å². The van der Waals surface area contributed by atoms with E-state index in [-0.39, 0.29) is 24.0 Å². The van der Waals surface area contributed by atoms with Gasteiger partial charge in [0.1, 0.15) is 33.0 Å². The normalized spacial score (nSPS) is 21.5. The largest absolute Gasteiger partial charge is 0.490 e. The first-order valence-electron chi connectivity index (χ1n) is 23.2. The highest BCUT2D eigenvalue weighted by Gasteiger charge is 2.40. The summed E-state index contributed by atoms with van der Waals surface area (Å²) in [7, 11) is 4.26. The van der Waals surface area contributed by atoms with Crippen LogP contribution in [-0.2, 0) is 25.2 Å². The van der Waals surface area contributed by atoms with Crippen molar-refractivity contribution in [2.45, 2.75) is 88.8 Å². The molecular formula is C48H59BrF6N8O6. The van der Waals surface area contributed by atoms with Gasteiger partial charge in [-0.25, -0.2) is 9.97 Å². The Morgan fingerprint density at radius 3 is 1.46 bits per heavy atom. The highest BCUT2D eigenvalue weighted by molar-refractivity contribution is 9.10. The van der Waals surface area contributed by atoms with E-state index < -0.39 is 44.7 Å². The minimum Gasteiger partial charge on any atom is -0.490 e. The van der Waals surface area contributed by atoms with Crippen LogP contribution in [0.15, 0.2) is 77.7 Å². The van der Waals surface area contributed by atoms with Gasteiger partial charge in [-0.3, -0.25) is 20.2 Å². The Hall–Kier alpha value is -5.12. The topological polar surface area (TPSA) is 152 Å². The first-order chi connectivity index (χ1) is 32.8. The second-order valence-corrected chi connectivity index (χ2v) is 19.0. The first kappa shape index (κ1) is 53.2. The molecule has 1 N–H and O–H groups in total. The third-order valence-corrected chi connectivity index (χ3v) is 13.4. The quantitative estimate of drug-likeness (QED) is 0.0659. The Kier molecular flexibility index (Phi) is 19.0. The number of alkyl halides is 6. The number of halogens is 7. The van der Waals surface area contributed by atoms with Crippen LogP contribution in [0.4, 0.5) is 43.5 Å². The maximum atomic E-state index is 13.3. The molecule has 2 aromatic carbocycles. The second-order valence-electron chi connectivity index (χ2n) is 18.1. The number of hydrogen-bond donors (Lipinski definition) is 1. The molecule has 4 aliphatic rings. The van der Waals surface area contributed by atoms with Crippen molar-refractivity contribution >= 4 is 33.1 Å². The average Bonchev–Trinajstić information content (AvgIpc) is 3.31. The van der Waals surface area contributed by atoms with Crippen LogP contribution in [0.25, 0.3) is 0 Å². The molecule has 4 heterocycles. The SMILES string of the molecule is CN1CCN(c2cc(OC3CCC(Cc4ccc([N+](=O)[O-])c(C(F)(F)F)c4)CC3)ccn2)CC1.CN1CCNCC1.O=[N+]([O-])c1ccc(CC2CCC(Oc3ccnc(Br)c3)CC2)cc1C(F)(F)F. The molecule has 2 aromatic heterocycles. The molecule has 2 aliphatic heterocycles. The number of ether oxygens (including phenoxy) is 2. The number of likely N-dealkylation sites (N-methyl/N-ethyl adjacent to an activating group) is 2. The van der Waals surface area contributed by atoms with Gasteiger partial charge in [-0.2, -0.15) is 26.3 Å². The lowest BCUT2D eigenvalue weighted by atomic mass is 9.83. The number of benzene rings is 2. The Balaban J connectivity index is 0.000000201. The number of anilines is 1. The lowest BCUT2D eigenvalue weighted by Gasteiger charge is -2.33. The Bertz CT molecular complexity index is 2300. The molecule has 8 rings (SSSR count). The lowest BCUT2D eigenvalue weighted by molar-refractivity contribution is -0.388. The number of nitrogens with one attached hydrogen (secondary N) is 1. The van der Waals surface area contributed by atoms with E-state index in [9.17, 15) is 46.6 Å². The van der Waals surface area contributed by atoms with Crippen LogP contribution in [0.5, 0.6) is 11.5 Å². The summed E-state index contributed by atoms with van der Waals surface area (Å²) < 4.78 is 92.0. The van der Waals surface area contributed by atoms with E-state index >= 15 is 0 Å². The fourth-order valence-electron chi connectivity index (χ4n) is 9.07. The smallest absolute Gasteiger partial charge is 0.423 e. The van der Waals surface area contributed by atoms with Crippen LogP contribution in [0.2, 0.25) is 0 Å². The van der Waals surface area contributed by atoms with E-state index in [2.05, 4.69) is 60.0 Å². The van der Waals surface area contributed by atoms with Crippen LogP contribution in [0.1, 0.15) is 73.6 Å². The summed E-state index contributed by atoms with van der Waals surface area (Å²) in [6.07, 6.45) is 1.54. The Morgan fingerprint density at radius 1 is 0.623 bits per heavy atom. The van der Waals surface area contributed by atoms with E-state index in [1.807, 2.05) is 12.1 Å². The predicted molar refractivity (Wildman–Crippen MR) is 253 cm³/mol. The Labute approximate surface area is 406 Å². The van der Waals surface area contributed by atoms with Crippen LogP contribution in [0, 0.1) is 32.1 Å².